The van der Waals surface area contributed by atoms with Gasteiger partial charge in [0.15, 0.2) is 0 Å². The Morgan fingerprint density at radius 1 is 1.19 bits per heavy atom. The second-order valence-corrected chi connectivity index (χ2v) is 8.25. The van der Waals surface area contributed by atoms with Crippen LogP contribution in [-0.2, 0) is 15.7 Å². The SMILES string of the molecule is Cc1cc(C)n2nc(SCC(=O)Nc3cc(C(F)(F)F)ccc3N3CCOCC3)nc2n1. The van der Waals surface area contributed by atoms with Crippen molar-refractivity contribution in [2.45, 2.75) is 25.2 Å². The normalized spacial score (nSPS) is 14.7. The highest BCUT2D eigenvalue weighted by Gasteiger charge is 2.32. The third-order valence-corrected chi connectivity index (χ3v) is 5.72. The van der Waals surface area contributed by atoms with E-state index < -0.39 is 17.6 Å². The summed E-state index contributed by atoms with van der Waals surface area (Å²) < 4.78 is 46.6. The maximum Gasteiger partial charge on any atom is 0.416 e. The highest BCUT2D eigenvalue weighted by atomic mass is 32.2. The molecule has 12 heteroatoms. The molecule has 3 heterocycles. The molecule has 32 heavy (non-hydrogen) atoms. The summed E-state index contributed by atoms with van der Waals surface area (Å²) in [6, 6.07) is 5.24. The van der Waals surface area contributed by atoms with Crippen LogP contribution in [0.25, 0.3) is 5.78 Å². The Balaban J connectivity index is 1.50. The fourth-order valence-electron chi connectivity index (χ4n) is 3.42. The number of carbonyl (C=O) groups excluding carboxylic acids is 1. The summed E-state index contributed by atoms with van der Waals surface area (Å²) in [5.41, 5.74) is 1.48. The summed E-state index contributed by atoms with van der Waals surface area (Å²) in [7, 11) is 0. The predicted molar refractivity (Wildman–Crippen MR) is 114 cm³/mol. The van der Waals surface area contributed by atoms with E-state index in [9.17, 15) is 18.0 Å². The molecule has 1 N–H and O–H groups in total. The molecule has 1 fully saturated rings. The van der Waals surface area contributed by atoms with E-state index in [1.807, 2.05) is 24.8 Å². The quantitative estimate of drug-likeness (QED) is 0.578. The predicted octanol–water partition coefficient (Wildman–Crippen LogP) is 3.33. The van der Waals surface area contributed by atoms with Crippen LogP contribution in [0.2, 0.25) is 0 Å². The van der Waals surface area contributed by atoms with Gasteiger partial charge in [-0.2, -0.15) is 18.2 Å². The lowest BCUT2D eigenvalue weighted by Gasteiger charge is -2.31. The summed E-state index contributed by atoms with van der Waals surface area (Å²) >= 11 is 1.09. The van der Waals surface area contributed by atoms with Crippen molar-refractivity contribution in [3.8, 4) is 0 Å². The third kappa shape index (κ3) is 4.96. The van der Waals surface area contributed by atoms with E-state index in [2.05, 4.69) is 20.4 Å². The molecule has 1 aliphatic heterocycles. The number of hydrogen-bond acceptors (Lipinski definition) is 7. The molecule has 1 amide bonds. The van der Waals surface area contributed by atoms with Gasteiger partial charge in [-0.25, -0.2) is 9.50 Å². The van der Waals surface area contributed by atoms with Gasteiger partial charge in [0.1, 0.15) is 0 Å². The van der Waals surface area contributed by atoms with E-state index >= 15 is 0 Å². The summed E-state index contributed by atoms with van der Waals surface area (Å²) in [4.78, 5) is 23.1. The lowest BCUT2D eigenvalue weighted by Crippen LogP contribution is -2.37. The molecule has 0 radical (unpaired) electrons. The number of aryl methyl sites for hydroxylation is 2. The molecule has 3 aromatic rings. The van der Waals surface area contributed by atoms with Crippen LogP contribution in [0.15, 0.2) is 29.4 Å². The highest BCUT2D eigenvalue weighted by Crippen LogP contribution is 2.36. The minimum Gasteiger partial charge on any atom is -0.378 e. The van der Waals surface area contributed by atoms with Crippen molar-refractivity contribution in [1.29, 1.82) is 0 Å². The van der Waals surface area contributed by atoms with Crippen LogP contribution in [0.4, 0.5) is 24.5 Å². The van der Waals surface area contributed by atoms with Gasteiger partial charge in [-0.1, -0.05) is 11.8 Å². The van der Waals surface area contributed by atoms with Crippen molar-refractivity contribution in [2.24, 2.45) is 0 Å². The summed E-state index contributed by atoms with van der Waals surface area (Å²) in [5, 5.41) is 7.31. The number of anilines is 2. The van der Waals surface area contributed by atoms with Crippen molar-refractivity contribution in [1.82, 2.24) is 19.6 Å². The smallest absolute Gasteiger partial charge is 0.378 e. The Bertz CT molecular complexity index is 1140. The number of nitrogens with one attached hydrogen (secondary N) is 1. The van der Waals surface area contributed by atoms with Gasteiger partial charge in [-0.15, -0.1) is 5.10 Å². The fraction of sp³-hybridized carbons (Fsp3) is 0.400. The average molecular weight is 466 g/mol. The molecule has 2 aromatic heterocycles. The number of aromatic nitrogens is 4. The van der Waals surface area contributed by atoms with Crippen LogP contribution in [0, 0.1) is 13.8 Å². The number of halogens is 3. The Morgan fingerprint density at radius 2 is 1.94 bits per heavy atom. The number of carbonyl (C=O) groups is 1. The zero-order valence-electron chi connectivity index (χ0n) is 17.4. The molecule has 0 spiro atoms. The molecule has 170 valence electrons. The maximum atomic E-state index is 13.2. The standard InChI is InChI=1S/C20H21F3N6O2S/c1-12-9-13(2)29-18(24-12)26-19(27-29)32-11-17(30)25-15-10-14(20(21,22)23)3-4-16(15)28-5-7-31-8-6-28/h3-4,9-10H,5-8,11H2,1-2H3,(H,25,30). The van der Waals surface area contributed by atoms with Crippen molar-refractivity contribution < 1.29 is 22.7 Å². The lowest BCUT2D eigenvalue weighted by molar-refractivity contribution is -0.137. The first-order valence-corrected chi connectivity index (χ1v) is 10.9. The first-order chi connectivity index (χ1) is 15.2. The van der Waals surface area contributed by atoms with E-state index in [1.54, 1.807) is 4.52 Å². The number of nitrogens with zero attached hydrogens (tertiary/aromatic N) is 5. The number of hydrogen-bond donors (Lipinski definition) is 1. The molecule has 0 aliphatic carbocycles. The first-order valence-electron chi connectivity index (χ1n) is 9.88. The molecule has 0 saturated carbocycles. The number of thioether (sulfide) groups is 1. The first kappa shape index (κ1) is 22.3. The van der Waals surface area contributed by atoms with Crippen LogP contribution in [0.3, 0.4) is 0 Å². The number of fused-ring (bicyclic) bond motifs is 1. The number of morpholine rings is 1. The molecule has 0 unspecified atom stereocenters. The number of alkyl halides is 3. The molecular formula is C20H21F3N6O2S. The van der Waals surface area contributed by atoms with Crippen LogP contribution in [0.1, 0.15) is 17.0 Å². The highest BCUT2D eigenvalue weighted by molar-refractivity contribution is 7.99. The Labute approximate surface area is 186 Å². The van der Waals surface area contributed by atoms with Crippen molar-refractivity contribution >= 4 is 34.8 Å². The summed E-state index contributed by atoms with van der Waals surface area (Å²) in [6.07, 6.45) is -4.51. The Kier molecular flexibility index (Phi) is 6.24. The van der Waals surface area contributed by atoms with Crippen LogP contribution >= 0.6 is 11.8 Å². The largest absolute Gasteiger partial charge is 0.416 e. The third-order valence-electron chi connectivity index (χ3n) is 4.88. The van der Waals surface area contributed by atoms with Gasteiger partial charge in [0.05, 0.1) is 35.9 Å². The molecule has 8 nitrogen and oxygen atoms in total. The van der Waals surface area contributed by atoms with Crippen LogP contribution in [0.5, 0.6) is 0 Å². The van der Waals surface area contributed by atoms with E-state index in [0.717, 1.165) is 35.3 Å². The number of rotatable bonds is 5. The van der Waals surface area contributed by atoms with Crippen LogP contribution < -0.4 is 10.2 Å². The van der Waals surface area contributed by atoms with E-state index in [-0.39, 0.29) is 11.4 Å². The monoisotopic (exact) mass is 466 g/mol. The van der Waals surface area contributed by atoms with Gasteiger partial charge >= 0.3 is 6.18 Å². The number of amides is 1. The summed E-state index contributed by atoms with van der Waals surface area (Å²) in [5.74, 6) is -0.0882. The van der Waals surface area contributed by atoms with Gasteiger partial charge < -0.3 is 15.0 Å². The minimum absolute atomic E-state index is 0.0618. The Morgan fingerprint density at radius 3 is 2.66 bits per heavy atom. The lowest BCUT2D eigenvalue weighted by atomic mass is 10.1. The van der Waals surface area contributed by atoms with Gasteiger partial charge in [0.25, 0.3) is 5.78 Å². The van der Waals surface area contributed by atoms with Crippen LogP contribution in [-0.4, -0.2) is 57.5 Å². The molecule has 4 rings (SSSR count). The van der Waals surface area contributed by atoms with E-state index in [0.29, 0.717) is 42.9 Å². The second kappa shape index (κ2) is 8.94. The summed E-state index contributed by atoms with van der Waals surface area (Å²) in [6.45, 7) is 5.72. The zero-order chi connectivity index (χ0) is 22.9. The van der Waals surface area contributed by atoms with Gasteiger partial charge in [-0.3, -0.25) is 4.79 Å². The van der Waals surface area contributed by atoms with Gasteiger partial charge in [0.2, 0.25) is 11.1 Å². The maximum absolute atomic E-state index is 13.2. The minimum atomic E-state index is -4.51. The Hall–Kier alpha value is -2.86. The van der Waals surface area contributed by atoms with Gasteiger partial charge in [0, 0.05) is 24.5 Å². The molecule has 1 aromatic carbocycles. The molecule has 0 bridgehead atoms. The fourth-order valence-corrected chi connectivity index (χ4v) is 4.04. The number of ether oxygens (including phenoxy) is 1. The molecule has 1 saturated heterocycles. The van der Waals surface area contributed by atoms with E-state index in [1.165, 1.54) is 6.07 Å². The molecular weight excluding hydrogens is 445 g/mol. The van der Waals surface area contributed by atoms with E-state index in [4.69, 9.17) is 4.74 Å². The van der Waals surface area contributed by atoms with Crippen molar-refractivity contribution in [3.05, 3.63) is 41.2 Å². The van der Waals surface area contributed by atoms with Gasteiger partial charge in [-0.05, 0) is 38.1 Å². The zero-order valence-corrected chi connectivity index (χ0v) is 18.3. The number of benzene rings is 1. The average Bonchev–Trinajstić information content (AvgIpc) is 3.15. The van der Waals surface area contributed by atoms with Crippen molar-refractivity contribution in [2.75, 3.05) is 42.3 Å². The second-order valence-electron chi connectivity index (χ2n) is 7.31. The molecule has 1 aliphatic rings. The van der Waals surface area contributed by atoms with Crippen molar-refractivity contribution in [3.63, 3.8) is 0 Å². The molecule has 0 atom stereocenters. The topological polar surface area (TPSA) is 84.7 Å².